The lowest BCUT2D eigenvalue weighted by Crippen LogP contribution is -1.92. The molecule has 0 aliphatic rings. The van der Waals surface area contributed by atoms with Crippen LogP contribution in [0, 0.1) is 0 Å². The van der Waals surface area contributed by atoms with E-state index in [-0.39, 0.29) is 0 Å². The third-order valence-electron chi connectivity index (χ3n) is 7.31. The second kappa shape index (κ2) is 8.57. The lowest BCUT2D eigenvalue weighted by atomic mass is 10.0. The standard InChI is InChI=1S/C34H21N5/c1-2-8-27-22(6-1)18-21-39-33(32(38-34(27)39)29-9-3-4-19-35-29)26-14-10-23(11-15-26)28-17-16-25-13-12-24-7-5-20-36-30(24)31(25)37-28/h1-21H. The molecule has 3 aromatic carbocycles. The van der Waals surface area contributed by atoms with E-state index in [9.17, 15) is 0 Å². The van der Waals surface area contributed by atoms with Crippen LogP contribution in [0.25, 0.3) is 72.1 Å². The van der Waals surface area contributed by atoms with Crippen LogP contribution >= 0.6 is 0 Å². The van der Waals surface area contributed by atoms with Crippen molar-refractivity contribution >= 4 is 38.2 Å². The normalized spacial score (nSPS) is 11.6. The molecule has 0 saturated carbocycles. The minimum Gasteiger partial charge on any atom is -0.298 e. The second-order valence-electron chi connectivity index (χ2n) is 9.61. The van der Waals surface area contributed by atoms with Crippen LogP contribution in [0.5, 0.6) is 0 Å². The van der Waals surface area contributed by atoms with Crippen molar-refractivity contribution in [2.24, 2.45) is 0 Å². The zero-order chi connectivity index (χ0) is 25.8. The van der Waals surface area contributed by atoms with Crippen LogP contribution in [0.1, 0.15) is 0 Å². The highest BCUT2D eigenvalue weighted by molar-refractivity contribution is 6.03. The number of hydrogen-bond donors (Lipinski definition) is 0. The number of nitrogens with zero attached hydrogens (tertiary/aromatic N) is 5. The summed E-state index contributed by atoms with van der Waals surface area (Å²) in [7, 11) is 0. The van der Waals surface area contributed by atoms with Gasteiger partial charge in [-0.15, -0.1) is 0 Å². The Balaban J connectivity index is 1.29. The van der Waals surface area contributed by atoms with Gasteiger partial charge in [-0.25, -0.2) is 9.97 Å². The summed E-state index contributed by atoms with van der Waals surface area (Å²) >= 11 is 0. The van der Waals surface area contributed by atoms with Crippen LogP contribution in [0.3, 0.4) is 0 Å². The summed E-state index contributed by atoms with van der Waals surface area (Å²) in [5, 5.41) is 4.45. The molecule has 0 atom stereocenters. The highest BCUT2D eigenvalue weighted by atomic mass is 15.0. The fourth-order valence-corrected chi connectivity index (χ4v) is 5.41. The summed E-state index contributed by atoms with van der Waals surface area (Å²) in [6.45, 7) is 0. The Morgan fingerprint density at radius 1 is 0.487 bits per heavy atom. The van der Waals surface area contributed by atoms with Gasteiger partial charge in [0.25, 0.3) is 0 Å². The van der Waals surface area contributed by atoms with Crippen molar-refractivity contribution in [1.29, 1.82) is 0 Å². The number of pyridine rings is 4. The molecule has 5 heterocycles. The van der Waals surface area contributed by atoms with Crippen molar-refractivity contribution in [2.45, 2.75) is 0 Å². The van der Waals surface area contributed by atoms with Crippen molar-refractivity contribution in [1.82, 2.24) is 24.3 Å². The van der Waals surface area contributed by atoms with Crippen molar-refractivity contribution in [3.05, 3.63) is 128 Å². The van der Waals surface area contributed by atoms with Crippen LogP contribution < -0.4 is 0 Å². The van der Waals surface area contributed by atoms with Gasteiger partial charge in [-0.1, -0.05) is 78.9 Å². The van der Waals surface area contributed by atoms with Gasteiger partial charge in [0.15, 0.2) is 0 Å². The van der Waals surface area contributed by atoms with Crippen LogP contribution in [0.15, 0.2) is 128 Å². The first-order valence-corrected chi connectivity index (χ1v) is 12.9. The molecule has 5 heteroatoms. The Morgan fingerprint density at radius 2 is 1.23 bits per heavy atom. The van der Waals surface area contributed by atoms with Crippen LogP contribution in [-0.4, -0.2) is 24.3 Å². The lowest BCUT2D eigenvalue weighted by molar-refractivity contribution is 1.21. The van der Waals surface area contributed by atoms with E-state index in [4.69, 9.17) is 9.97 Å². The van der Waals surface area contributed by atoms with Gasteiger partial charge >= 0.3 is 0 Å². The molecule has 0 bridgehead atoms. The third-order valence-corrected chi connectivity index (χ3v) is 7.31. The first-order valence-electron chi connectivity index (χ1n) is 12.9. The summed E-state index contributed by atoms with van der Waals surface area (Å²) in [4.78, 5) is 19.4. The SMILES string of the molecule is c1ccc(-c2nc3c4ccccc4ccn3c2-c2ccc(-c3ccc4ccc5cccnc5c4n3)cc2)nc1. The van der Waals surface area contributed by atoms with E-state index in [1.807, 2.05) is 36.7 Å². The van der Waals surface area contributed by atoms with Gasteiger partial charge < -0.3 is 0 Å². The molecule has 8 rings (SSSR count). The first-order chi connectivity index (χ1) is 19.3. The summed E-state index contributed by atoms with van der Waals surface area (Å²) in [6, 6.07) is 37.4. The highest BCUT2D eigenvalue weighted by Crippen LogP contribution is 2.35. The maximum atomic E-state index is 5.11. The van der Waals surface area contributed by atoms with Gasteiger partial charge in [-0.2, -0.15) is 0 Å². The van der Waals surface area contributed by atoms with Crippen LogP contribution in [-0.2, 0) is 0 Å². The van der Waals surface area contributed by atoms with E-state index < -0.39 is 0 Å². The summed E-state index contributed by atoms with van der Waals surface area (Å²) < 4.78 is 2.17. The number of rotatable bonds is 3. The van der Waals surface area contributed by atoms with Crippen molar-refractivity contribution in [3.63, 3.8) is 0 Å². The molecular formula is C34H21N5. The molecule has 0 N–H and O–H groups in total. The smallest absolute Gasteiger partial charge is 0.145 e. The van der Waals surface area contributed by atoms with Crippen molar-refractivity contribution < 1.29 is 0 Å². The Bertz CT molecular complexity index is 2160. The molecule has 0 aliphatic heterocycles. The molecule has 0 radical (unpaired) electrons. The molecule has 8 aromatic rings. The molecule has 5 aromatic heterocycles. The molecule has 0 saturated heterocycles. The Labute approximate surface area is 224 Å². The zero-order valence-electron chi connectivity index (χ0n) is 20.9. The van der Waals surface area contributed by atoms with Gasteiger partial charge in [0.1, 0.15) is 11.3 Å². The van der Waals surface area contributed by atoms with E-state index in [0.717, 1.165) is 72.1 Å². The van der Waals surface area contributed by atoms with Crippen molar-refractivity contribution in [2.75, 3.05) is 0 Å². The average molecular weight is 500 g/mol. The van der Waals surface area contributed by atoms with E-state index in [1.165, 1.54) is 0 Å². The fourth-order valence-electron chi connectivity index (χ4n) is 5.41. The minimum atomic E-state index is 0.847. The predicted molar refractivity (Wildman–Crippen MR) is 157 cm³/mol. The number of fused-ring (bicyclic) bond motifs is 6. The quantitative estimate of drug-likeness (QED) is 0.231. The average Bonchev–Trinajstić information content (AvgIpc) is 3.41. The molecule has 0 amide bonds. The highest BCUT2D eigenvalue weighted by Gasteiger charge is 2.18. The molecule has 0 fully saturated rings. The summed E-state index contributed by atoms with van der Waals surface area (Å²) in [5.74, 6) is 0. The van der Waals surface area contributed by atoms with Crippen LogP contribution in [0.2, 0.25) is 0 Å². The zero-order valence-corrected chi connectivity index (χ0v) is 20.9. The predicted octanol–water partition coefficient (Wildman–Crippen LogP) is 7.98. The topological polar surface area (TPSA) is 56.0 Å². The molecule has 39 heavy (non-hydrogen) atoms. The van der Waals surface area contributed by atoms with Crippen molar-refractivity contribution in [3.8, 4) is 33.9 Å². The first kappa shape index (κ1) is 21.6. The monoisotopic (exact) mass is 499 g/mol. The maximum absolute atomic E-state index is 5.11. The maximum Gasteiger partial charge on any atom is 0.145 e. The van der Waals surface area contributed by atoms with E-state index in [2.05, 4.69) is 105 Å². The second-order valence-corrected chi connectivity index (χ2v) is 9.61. The Kier molecular flexibility index (Phi) is 4.76. The number of hydrogen-bond acceptors (Lipinski definition) is 4. The molecular weight excluding hydrogens is 478 g/mol. The lowest BCUT2D eigenvalue weighted by Gasteiger charge is -2.09. The number of benzene rings is 3. The largest absolute Gasteiger partial charge is 0.298 e. The number of aromatic nitrogens is 5. The Hall–Kier alpha value is -5.42. The van der Waals surface area contributed by atoms with Gasteiger partial charge in [-0.05, 0) is 35.7 Å². The molecule has 0 spiro atoms. The van der Waals surface area contributed by atoms with Crippen LogP contribution in [0.4, 0.5) is 0 Å². The summed E-state index contributed by atoms with van der Waals surface area (Å²) in [6.07, 6.45) is 5.74. The molecule has 5 nitrogen and oxygen atoms in total. The van der Waals surface area contributed by atoms with E-state index in [0.29, 0.717) is 0 Å². The Morgan fingerprint density at radius 3 is 2.10 bits per heavy atom. The number of imidazole rings is 1. The molecule has 182 valence electrons. The van der Waals surface area contributed by atoms with Gasteiger partial charge in [0, 0.05) is 45.9 Å². The fraction of sp³-hybridized carbons (Fsp3) is 0. The molecule has 0 aliphatic carbocycles. The van der Waals surface area contributed by atoms with E-state index >= 15 is 0 Å². The minimum absolute atomic E-state index is 0.847. The van der Waals surface area contributed by atoms with Gasteiger partial charge in [0.2, 0.25) is 0 Å². The summed E-state index contributed by atoms with van der Waals surface area (Å²) in [5.41, 5.74) is 8.52. The van der Waals surface area contributed by atoms with Gasteiger partial charge in [-0.3, -0.25) is 14.4 Å². The molecule has 0 unspecified atom stereocenters. The van der Waals surface area contributed by atoms with Gasteiger partial charge in [0.05, 0.1) is 28.1 Å². The van der Waals surface area contributed by atoms with E-state index in [1.54, 1.807) is 0 Å². The third kappa shape index (κ3) is 3.48.